The molecular formula is C22H32N6O4. The Kier molecular flexibility index (Phi) is 7.67. The molecular weight excluding hydrogens is 412 g/mol. The number of fused-ring (bicyclic) bond motifs is 1. The van der Waals surface area contributed by atoms with Crippen molar-refractivity contribution in [3.8, 4) is 0 Å². The number of anilines is 1. The lowest BCUT2D eigenvalue weighted by Gasteiger charge is -2.26. The van der Waals surface area contributed by atoms with Crippen LogP contribution in [-0.2, 0) is 9.57 Å². The molecule has 1 aliphatic carbocycles. The summed E-state index contributed by atoms with van der Waals surface area (Å²) in [5.74, 6) is -0.0631. The minimum Gasteiger partial charge on any atom is -0.379 e. The molecule has 2 aromatic rings. The number of carbonyl (C=O) groups is 1. The van der Waals surface area contributed by atoms with Gasteiger partial charge in [-0.2, -0.15) is 4.98 Å². The van der Waals surface area contributed by atoms with E-state index in [4.69, 9.17) is 9.57 Å². The third kappa shape index (κ3) is 5.25. The van der Waals surface area contributed by atoms with Gasteiger partial charge in [0.05, 0.1) is 25.7 Å². The van der Waals surface area contributed by atoms with E-state index in [0.717, 1.165) is 71.5 Å². The van der Waals surface area contributed by atoms with Crippen LogP contribution in [0.25, 0.3) is 11.0 Å². The topological polar surface area (TPSA) is 111 Å². The molecule has 0 aromatic carbocycles. The fourth-order valence-electron chi connectivity index (χ4n) is 4.49. The van der Waals surface area contributed by atoms with Crippen LogP contribution < -0.4 is 16.2 Å². The summed E-state index contributed by atoms with van der Waals surface area (Å²) in [7, 11) is 1.35. The molecule has 174 valence electrons. The molecule has 0 radical (unpaired) electrons. The highest BCUT2D eigenvalue weighted by atomic mass is 16.6. The van der Waals surface area contributed by atoms with E-state index in [0.29, 0.717) is 17.0 Å². The normalized spacial score (nSPS) is 18.0. The Morgan fingerprint density at radius 1 is 1.25 bits per heavy atom. The number of morpholine rings is 1. The van der Waals surface area contributed by atoms with Gasteiger partial charge in [-0.3, -0.25) is 19.3 Å². The molecule has 32 heavy (non-hydrogen) atoms. The molecule has 3 heterocycles. The van der Waals surface area contributed by atoms with Crippen molar-refractivity contribution in [2.45, 2.75) is 44.6 Å². The SMILES string of the molecule is CONC(=O)c1cn(C2CCCCC2)c2nc(NCCCN3CCOCC3)ncc2c1=O. The van der Waals surface area contributed by atoms with Gasteiger partial charge in [0.1, 0.15) is 11.2 Å². The van der Waals surface area contributed by atoms with Gasteiger partial charge in [-0.25, -0.2) is 10.5 Å². The van der Waals surface area contributed by atoms with Crippen molar-refractivity contribution in [2.75, 3.05) is 51.8 Å². The lowest BCUT2D eigenvalue weighted by molar-refractivity contribution is 0.0378. The van der Waals surface area contributed by atoms with E-state index >= 15 is 0 Å². The number of nitrogens with zero attached hydrogens (tertiary/aromatic N) is 4. The van der Waals surface area contributed by atoms with Gasteiger partial charge in [0, 0.05) is 38.1 Å². The Morgan fingerprint density at radius 2 is 2.03 bits per heavy atom. The highest BCUT2D eigenvalue weighted by molar-refractivity contribution is 5.96. The summed E-state index contributed by atoms with van der Waals surface area (Å²) in [4.78, 5) is 41.5. The van der Waals surface area contributed by atoms with Gasteiger partial charge in [0.25, 0.3) is 5.91 Å². The molecule has 1 saturated heterocycles. The van der Waals surface area contributed by atoms with Crippen LogP contribution in [0.4, 0.5) is 5.95 Å². The predicted octanol–water partition coefficient (Wildman–Crippen LogP) is 1.72. The van der Waals surface area contributed by atoms with Crippen molar-refractivity contribution in [3.63, 3.8) is 0 Å². The van der Waals surface area contributed by atoms with Crippen molar-refractivity contribution in [2.24, 2.45) is 0 Å². The summed E-state index contributed by atoms with van der Waals surface area (Å²) in [6.45, 7) is 5.27. The Morgan fingerprint density at radius 3 is 2.78 bits per heavy atom. The minimum atomic E-state index is -0.561. The van der Waals surface area contributed by atoms with Gasteiger partial charge in [0.15, 0.2) is 0 Å². The molecule has 4 rings (SSSR count). The summed E-state index contributed by atoms with van der Waals surface area (Å²) in [5.41, 5.74) is 2.48. The van der Waals surface area contributed by atoms with E-state index in [1.165, 1.54) is 19.7 Å². The number of nitrogens with one attached hydrogen (secondary N) is 2. The summed E-state index contributed by atoms with van der Waals surface area (Å²) >= 11 is 0. The number of rotatable bonds is 8. The third-order valence-corrected chi connectivity index (χ3v) is 6.22. The molecule has 1 saturated carbocycles. The number of amides is 1. The first-order valence-corrected chi connectivity index (χ1v) is 11.5. The molecule has 10 heteroatoms. The second-order valence-corrected chi connectivity index (χ2v) is 8.37. The Balaban J connectivity index is 1.56. The summed E-state index contributed by atoms with van der Waals surface area (Å²) in [5, 5.41) is 3.63. The van der Waals surface area contributed by atoms with Gasteiger partial charge in [0.2, 0.25) is 11.4 Å². The number of pyridine rings is 1. The van der Waals surface area contributed by atoms with E-state index in [2.05, 4.69) is 25.7 Å². The Labute approximate surface area is 187 Å². The maximum Gasteiger partial charge on any atom is 0.280 e. The molecule has 2 aliphatic rings. The highest BCUT2D eigenvalue weighted by Gasteiger charge is 2.22. The van der Waals surface area contributed by atoms with Crippen LogP contribution >= 0.6 is 0 Å². The fourth-order valence-corrected chi connectivity index (χ4v) is 4.49. The minimum absolute atomic E-state index is 0.0414. The van der Waals surface area contributed by atoms with Crippen molar-refractivity contribution in [1.82, 2.24) is 24.9 Å². The van der Waals surface area contributed by atoms with E-state index in [-0.39, 0.29) is 17.0 Å². The molecule has 0 spiro atoms. The zero-order valence-corrected chi connectivity index (χ0v) is 18.6. The fraction of sp³-hybridized carbons (Fsp3) is 0.636. The monoisotopic (exact) mass is 444 g/mol. The molecule has 2 N–H and O–H groups in total. The number of hydrogen-bond donors (Lipinski definition) is 2. The first kappa shape index (κ1) is 22.6. The maximum absolute atomic E-state index is 13.0. The van der Waals surface area contributed by atoms with Crippen molar-refractivity contribution < 1.29 is 14.4 Å². The van der Waals surface area contributed by atoms with Crippen molar-refractivity contribution in [3.05, 3.63) is 28.2 Å². The summed E-state index contributed by atoms with van der Waals surface area (Å²) in [6, 6.07) is 0.199. The van der Waals surface area contributed by atoms with E-state index < -0.39 is 5.91 Å². The second-order valence-electron chi connectivity index (χ2n) is 8.37. The molecule has 2 fully saturated rings. The zero-order valence-electron chi connectivity index (χ0n) is 18.6. The first-order chi connectivity index (χ1) is 15.7. The standard InChI is InChI=1S/C22H32N6O4/c1-31-26-21(30)18-15-28(16-6-3-2-4-7-16)20-17(19(18)29)14-24-22(25-20)23-8-5-9-27-10-12-32-13-11-27/h14-16H,2-13H2,1H3,(H,26,30)(H,23,24,25). The molecule has 1 amide bonds. The van der Waals surface area contributed by atoms with Crippen LogP contribution in [0.1, 0.15) is 54.9 Å². The van der Waals surface area contributed by atoms with E-state index in [9.17, 15) is 9.59 Å². The van der Waals surface area contributed by atoms with Crippen LogP contribution in [0.5, 0.6) is 0 Å². The molecule has 10 nitrogen and oxygen atoms in total. The maximum atomic E-state index is 13.0. The van der Waals surface area contributed by atoms with Crippen LogP contribution in [-0.4, -0.2) is 71.8 Å². The van der Waals surface area contributed by atoms with Crippen molar-refractivity contribution in [1.29, 1.82) is 0 Å². The number of hydrogen-bond acceptors (Lipinski definition) is 8. The molecule has 2 aromatic heterocycles. The Bertz CT molecular complexity index is 982. The number of carbonyl (C=O) groups excluding carboxylic acids is 1. The average Bonchev–Trinajstić information content (AvgIpc) is 2.83. The lowest BCUT2D eigenvalue weighted by atomic mass is 9.95. The first-order valence-electron chi connectivity index (χ1n) is 11.5. The molecule has 1 aliphatic heterocycles. The molecule has 0 bridgehead atoms. The van der Waals surface area contributed by atoms with Crippen LogP contribution in [0.15, 0.2) is 17.2 Å². The number of ether oxygens (including phenoxy) is 1. The van der Waals surface area contributed by atoms with Crippen LogP contribution in [0, 0.1) is 0 Å². The van der Waals surface area contributed by atoms with Crippen LogP contribution in [0.2, 0.25) is 0 Å². The van der Waals surface area contributed by atoms with Crippen LogP contribution in [0.3, 0.4) is 0 Å². The van der Waals surface area contributed by atoms with Gasteiger partial charge >= 0.3 is 0 Å². The number of hydroxylamine groups is 1. The largest absolute Gasteiger partial charge is 0.379 e. The molecule has 0 atom stereocenters. The molecule has 0 unspecified atom stereocenters. The van der Waals surface area contributed by atoms with Gasteiger partial charge in [-0.1, -0.05) is 19.3 Å². The lowest BCUT2D eigenvalue weighted by Crippen LogP contribution is -2.37. The second kappa shape index (κ2) is 10.8. The van der Waals surface area contributed by atoms with Gasteiger partial charge in [-0.05, 0) is 25.8 Å². The van der Waals surface area contributed by atoms with E-state index in [1.54, 1.807) is 6.20 Å². The predicted molar refractivity (Wildman–Crippen MR) is 121 cm³/mol. The summed E-state index contributed by atoms with van der Waals surface area (Å²) < 4.78 is 7.37. The smallest absolute Gasteiger partial charge is 0.280 e. The number of aromatic nitrogens is 3. The average molecular weight is 445 g/mol. The highest BCUT2D eigenvalue weighted by Crippen LogP contribution is 2.30. The van der Waals surface area contributed by atoms with Crippen molar-refractivity contribution >= 4 is 22.9 Å². The Hall–Kier alpha value is -2.56. The van der Waals surface area contributed by atoms with Gasteiger partial charge in [-0.15, -0.1) is 0 Å². The third-order valence-electron chi connectivity index (χ3n) is 6.22. The van der Waals surface area contributed by atoms with E-state index in [1.807, 2.05) is 4.57 Å². The quantitative estimate of drug-likeness (QED) is 0.468. The van der Waals surface area contributed by atoms with Gasteiger partial charge < -0.3 is 14.6 Å². The summed E-state index contributed by atoms with van der Waals surface area (Å²) in [6.07, 6.45) is 9.56. The zero-order chi connectivity index (χ0) is 22.3.